The number of hydrogen-bond donors (Lipinski definition) is 1. The van der Waals surface area contributed by atoms with Crippen molar-refractivity contribution in [3.63, 3.8) is 0 Å². The van der Waals surface area contributed by atoms with Crippen LogP contribution in [0.2, 0.25) is 5.02 Å². The summed E-state index contributed by atoms with van der Waals surface area (Å²) in [4.78, 5) is 10.8. The molecule has 0 amide bonds. The summed E-state index contributed by atoms with van der Waals surface area (Å²) in [6.07, 6.45) is 2.83. The van der Waals surface area contributed by atoms with Crippen LogP contribution >= 0.6 is 11.6 Å². The highest BCUT2D eigenvalue weighted by molar-refractivity contribution is 6.32. The van der Waals surface area contributed by atoms with Gasteiger partial charge in [-0.2, -0.15) is 4.98 Å². The van der Waals surface area contributed by atoms with E-state index in [4.69, 9.17) is 16.3 Å². The summed E-state index contributed by atoms with van der Waals surface area (Å²) < 4.78 is 5.63. The molecule has 2 rings (SSSR count). The molecule has 0 saturated carbocycles. The minimum absolute atomic E-state index is 0.195. The maximum Gasteiger partial charge on any atom is 0.224 e. The molecule has 1 aliphatic rings. The third kappa shape index (κ3) is 3.23. The van der Waals surface area contributed by atoms with Crippen molar-refractivity contribution < 1.29 is 4.74 Å². The van der Waals surface area contributed by atoms with Gasteiger partial charge in [0.2, 0.25) is 5.95 Å². The third-order valence-corrected chi connectivity index (χ3v) is 3.08. The summed E-state index contributed by atoms with van der Waals surface area (Å²) in [6.45, 7) is 7.38. The average Bonchev–Trinajstić information content (AvgIpc) is 2.57. The van der Waals surface area contributed by atoms with Crippen LogP contribution in [0.15, 0.2) is 6.20 Å². The summed E-state index contributed by atoms with van der Waals surface area (Å²) >= 11 is 6.20. The van der Waals surface area contributed by atoms with Gasteiger partial charge in [-0.15, -0.1) is 0 Å². The fourth-order valence-electron chi connectivity index (χ4n) is 2.01. The van der Waals surface area contributed by atoms with Crippen LogP contribution in [0.3, 0.4) is 0 Å². The van der Waals surface area contributed by atoms with Crippen LogP contribution in [0.25, 0.3) is 0 Å². The van der Waals surface area contributed by atoms with Crippen LogP contribution in [-0.2, 0) is 4.74 Å². The summed E-state index contributed by atoms with van der Waals surface area (Å²) in [5.41, 5.74) is 0. The van der Waals surface area contributed by atoms with Gasteiger partial charge in [0, 0.05) is 26.2 Å². The van der Waals surface area contributed by atoms with Gasteiger partial charge in [-0.3, -0.25) is 0 Å². The highest BCUT2D eigenvalue weighted by Gasteiger charge is 2.19. The Labute approximate surface area is 113 Å². The minimum Gasteiger partial charge on any atom is -0.377 e. The molecule has 1 unspecified atom stereocenters. The number of hydrogen-bond acceptors (Lipinski definition) is 5. The van der Waals surface area contributed by atoms with Crippen LogP contribution in [0.5, 0.6) is 0 Å². The summed E-state index contributed by atoms with van der Waals surface area (Å²) in [7, 11) is 0. The number of rotatable bonds is 3. The molecule has 0 aliphatic carbocycles. The van der Waals surface area contributed by atoms with Crippen LogP contribution in [-0.4, -0.2) is 42.3 Å². The first-order valence-corrected chi connectivity index (χ1v) is 6.71. The smallest absolute Gasteiger partial charge is 0.224 e. The molecular weight excluding hydrogens is 252 g/mol. The molecule has 1 aromatic rings. The maximum atomic E-state index is 6.20. The Morgan fingerprint density at radius 1 is 1.61 bits per heavy atom. The Hall–Kier alpha value is -1.07. The lowest BCUT2D eigenvalue weighted by atomic mass is 10.3. The normalized spacial score (nSPS) is 20.6. The second kappa shape index (κ2) is 6.20. The Balaban J connectivity index is 2.21. The first-order chi connectivity index (χ1) is 8.70. The standard InChI is InChI=1S/C12H19ClN4O/c1-3-14-12-15-7-10(13)11(16-12)17-5-4-6-18-9(2)8-17/h7,9H,3-6,8H2,1-2H3,(H,14,15,16). The van der Waals surface area contributed by atoms with E-state index in [2.05, 4.69) is 27.1 Å². The predicted octanol–water partition coefficient (Wildman–Crippen LogP) is 2.18. The van der Waals surface area contributed by atoms with Gasteiger partial charge < -0.3 is 15.0 Å². The van der Waals surface area contributed by atoms with E-state index in [1.54, 1.807) is 6.20 Å². The number of aromatic nitrogens is 2. The second-order valence-electron chi connectivity index (χ2n) is 4.38. The first kappa shape index (κ1) is 13.4. The van der Waals surface area contributed by atoms with Crippen molar-refractivity contribution >= 4 is 23.4 Å². The molecule has 1 aromatic heterocycles. The van der Waals surface area contributed by atoms with Gasteiger partial charge >= 0.3 is 0 Å². The lowest BCUT2D eigenvalue weighted by Crippen LogP contribution is -2.31. The Bertz CT molecular complexity index is 402. The molecule has 1 fully saturated rings. The molecule has 18 heavy (non-hydrogen) atoms. The van der Waals surface area contributed by atoms with E-state index in [1.807, 2.05) is 6.92 Å². The van der Waals surface area contributed by atoms with Crippen molar-refractivity contribution in [2.45, 2.75) is 26.4 Å². The number of nitrogens with zero attached hydrogens (tertiary/aromatic N) is 3. The molecule has 6 heteroatoms. The van der Waals surface area contributed by atoms with Gasteiger partial charge in [-0.25, -0.2) is 4.98 Å². The summed E-state index contributed by atoms with van der Waals surface area (Å²) in [5.74, 6) is 1.41. The minimum atomic E-state index is 0.195. The van der Waals surface area contributed by atoms with Crippen molar-refractivity contribution in [3.05, 3.63) is 11.2 Å². The zero-order valence-electron chi connectivity index (χ0n) is 10.8. The van der Waals surface area contributed by atoms with Gasteiger partial charge in [0.05, 0.1) is 12.3 Å². The molecule has 0 spiro atoms. The van der Waals surface area contributed by atoms with E-state index in [-0.39, 0.29) is 6.10 Å². The third-order valence-electron chi connectivity index (χ3n) is 2.81. The molecule has 2 heterocycles. The van der Waals surface area contributed by atoms with E-state index in [0.717, 1.165) is 38.5 Å². The second-order valence-corrected chi connectivity index (χ2v) is 4.78. The fraction of sp³-hybridized carbons (Fsp3) is 0.667. The van der Waals surface area contributed by atoms with E-state index in [9.17, 15) is 0 Å². The zero-order valence-corrected chi connectivity index (χ0v) is 11.6. The quantitative estimate of drug-likeness (QED) is 0.912. The van der Waals surface area contributed by atoms with E-state index in [1.165, 1.54) is 0 Å². The van der Waals surface area contributed by atoms with Gasteiger partial charge in [0.25, 0.3) is 0 Å². The number of halogens is 1. The molecule has 0 bridgehead atoms. The van der Waals surface area contributed by atoms with Crippen molar-refractivity contribution in [3.8, 4) is 0 Å². The van der Waals surface area contributed by atoms with Crippen molar-refractivity contribution in [1.82, 2.24) is 9.97 Å². The van der Waals surface area contributed by atoms with Crippen LogP contribution in [0.1, 0.15) is 20.3 Å². The maximum absolute atomic E-state index is 6.20. The SMILES string of the molecule is CCNc1ncc(Cl)c(N2CCCOC(C)C2)n1. The summed E-state index contributed by atoms with van der Waals surface area (Å²) in [6, 6.07) is 0. The van der Waals surface area contributed by atoms with Gasteiger partial charge in [-0.1, -0.05) is 11.6 Å². The number of ether oxygens (including phenoxy) is 1. The fourth-order valence-corrected chi connectivity index (χ4v) is 2.22. The van der Waals surface area contributed by atoms with E-state index in [0.29, 0.717) is 11.0 Å². The molecule has 1 saturated heterocycles. The van der Waals surface area contributed by atoms with Gasteiger partial charge in [0.15, 0.2) is 5.82 Å². The Morgan fingerprint density at radius 3 is 3.22 bits per heavy atom. The Morgan fingerprint density at radius 2 is 2.44 bits per heavy atom. The van der Waals surface area contributed by atoms with Crippen LogP contribution in [0, 0.1) is 0 Å². The molecule has 5 nitrogen and oxygen atoms in total. The number of nitrogens with one attached hydrogen (secondary N) is 1. The highest BCUT2D eigenvalue weighted by atomic mass is 35.5. The molecule has 100 valence electrons. The van der Waals surface area contributed by atoms with E-state index < -0.39 is 0 Å². The van der Waals surface area contributed by atoms with Gasteiger partial charge in [0.1, 0.15) is 5.02 Å². The largest absolute Gasteiger partial charge is 0.377 e. The molecular formula is C12H19ClN4O. The average molecular weight is 271 g/mol. The summed E-state index contributed by atoms with van der Waals surface area (Å²) in [5, 5.41) is 3.69. The first-order valence-electron chi connectivity index (χ1n) is 6.33. The van der Waals surface area contributed by atoms with Crippen molar-refractivity contribution in [1.29, 1.82) is 0 Å². The van der Waals surface area contributed by atoms with Crippen LogP contribution < -0.4 is 10.2 Å². The topological polar surface area (TPSA) is 50.3 Å². The van der Waals surface area contributed by atoms with Crippen molar-refractivity contribution in [2.24, 2.45) is 0 Å². The zero-order chi connectivity index (χ0) is 13.0. The monoisotopic (exact) mass is 270 g/mol. The molecule has 0 aromatic carbocycles. The van der Waals surface area contributed by atoms with E-state index >= 15 is 0 Å². The number of anilines is 2. The molecule has 1 aliphatic heterocycles. The van der Waals surface area contributed by atoms with Gasteiger partial charge in [-0.05, 0) is 20.3 Å². The molecule has 0 radical (unpaired) electrons. The lowest BCUT2D eigenvalue weighted by Gasteiger charge is -2.24. The predicted molar refractivity (Wildman–Crippen MR) is 73.4 cm³/mol. The van der Waals surface area contributed by atoms with Crippen molar-refractivity contribution in [2.75, 3.05) is 36.5 Å². The molecule has 1 N–H and O–H groups in total. The highest BCUT2D eigenvalue weighted by Crippen LogP contribution is 2.25. The van der Waals surface area contributed by atoms with Crippen LogP contribution in [0.4, 0.5) is 11.8 Å². The Kier molecular flexibility index (Phi) is 4.60. The molecule has 1 atom stereocenters. The lowest BCUT2D eigenvalue weighted by molar-refractivity contribution is 0.0820.